The summed E-state index contributed by atoms with van der Waals surface area (Å²) in [7, 11) is 0. The van der Waals surface area contributed by atoms with E-state index in [0.717, 1.165) is 33.8 Å². The third-order valence-electron chi connectivity index (χ3n) is 11.1. The van der Waals surface area contributed by atoms with Crippen LogP contribution in [0.3, 0.4) is 0 Å². The second-order valence-electron chi connectivity index (χ2n) is 14.7. The second-order valence-corrected chi connectivity index (χ2v) is 16.9. The molecule has 0 atom stereocenters. The van der Waals surface area contributed by atoms with Gasteiger partial charge in [0.25, 0.3) is 0 Å². The van der Waals surface area contributed by atoms with E-state index in [9.17, 15) is 0 Å². The van der Waals surface area contributed by atoms with Crippen molar-refractivity contribution >= 4 is 66.6 Å². The Morgan fingerprint density at radius 1 is 0.310 bits per heavy atom. The lowest BCUT2D eigenvalue weighted by molar-refractivity contribution is 0.307. The Bertz CT molecular complexity index is 2980. The molecule has 1 aliphatic rings. The van der Waals surface area contributed by atoms with Gasteiger partial charge in [0.05, 0.1) is 0 Å². The van der Waals surface area contributed by atoms with Crippen molar-refractivity contribution in [1.82, 2.24) is 0 Å². The molecule has 0 saturated carbocycles. The van der Waals surface area contributed by atoms with Crippen LogP contribution < -0.4 is 9.47 Å². The fraction of sp³-hybridized carbons (Fsp3) is 0.0370. The molecule has 1 heterocycles. The number of fused-ring (bicyclic) bond motifs is 6. The number of hydrogen-bond donors (Lipinski definition) is 0. The van der Waals surface area contributed by atoms with Crippen molar-refractivity contribution in [2.24, 2.45) is 0 Å². The van der Waals surface area contributed by atoms with Crippen LogP contribution in [0.5, 0.6) is 11.5 Å². The first-order chi connectivity index (χ1) is 28.7. The summed E-state index contributed by atoms with van der Waals surface area (Å²) >= 11 is 3.66. The zero-order valence-electron chi connectivity index (χ0n) is 31.5. The van der Waals surface area contributed by atoms with Gasteiger partial charge < -0.3 is 9.47 Å². The number of benzene rings is 10. The average Bonchev–Trinajstić information content (AvgIpc) is 3.28. The molecule has 0 N–H and O–H groups in total. The van der Waals surface area contributed by atoms with E-state index in [1.54, 1.807) is 0 Å². The van der Waals surface area contributed by atoms with Crippen LogP contribution in [0.25, 0.3) is 65.3 Å². The minimum atomic E-state index is 0.472. The van der Waals surface area contributed by atoms with Crippen LogP contribution >= 0.6 is 23.5 Å². The van der Waals surface area contributed by atoms with Crippen LogP contribution in [0.15, 0.2) is 214 Å². The average molecular weight is 781 g/mol. The van der Waals surface area contributed by atoms with Gasteiger partial charge in [0.1, 0.15) is 24.7 Å². The zero-order valence-corrected chi connectivity index (χ0v) is 33.2. The summed E-state index contributed by atoms with van der Waals surface area (Å²) in [5, 5.41) is 9.66. The zero-order chi connectivity index (χ0) is 38.4. The molecule has 10 aromatic carbocycles. The summed E-state index contributed by atoms with van der Waals surface area (Å²) < 4.78 is 13.5. The summed E-state index contributed by atoms with van der Waals surface area (Å²) in [6.45, 7) is 0.945. The molecule has 0 aliphatic carbocycles. The van der Waals surface area contributed by atoms with E-state index < -0.39 is 0 Å². The Balaban J connectivity index is 0.861. The molecule has 11 rings (SSSR count). The van der Waals surface area contributed by atoms with Crippen molar-refractivity contribution in [3.8, 4) is 33.8 Å². The lowest BCUT2D eigenvalue weighted by atomic mass is 9.93. The Labute approximate surface area is 346 Å². The summed E-state index contributed by atoms with van der Waals surface area (Å²) in [4.78, 5) is 5.03. The fourth-order valence-corrected chi connectivity index (χ4v) is 10.7. The summed E-state index contributed by atoms with van der Waals surface area (Å²) in [6.07, 6.45) is 0. The van der Waals surface area contributed by atoms with Gasteiger partial charge in [-0.3, -0.25) is 0 Å². The Morgan fingerprint density at radius 2 is 0.690 bits per heavy atom. The smallest absolute Gasteiger partial charge is 0.128 e. The monoisotopic (exact) mass is 780 g/mol. The minimum absolute atomic E-state index is 0.472. The van der Waals surface area contributed by atoms with Gasteiger partial charge in [0.15, 0.2) is 0 Å². The predicted molar refractivity (Wildman–Crippen MR) is 244 cm³/mol. The van der Waals surface area contributed by atoms with Crippen LogP contribution in [0.1, 0.15) is 11.1 Å². The van der Waals surface area contributed by atoms with Gasteiger partial charge in [0.2, 0.25) is 0 Å². The molecule has 0 saturated heterocycles. The molecular weight excluding hydrogens is 745 g/mol. The maximum absolute atomic E-state index is 6.75. The maximum atomic E-state index is 6.75. The highest BCUT2D eigenvalue weighted by molar-refractivity contribution is 8.05. The molecule has 58 heavy (non-hydrogen) atoms. The molecular formula is C54H36O2S2. The van der Waals surface area contributed by atoms with E-state index in [-0.39, 0.29) is 0 Å². The Kier molecular flexibility index (Phi) is 8.87. The summed E-state index contributed by atoms with van der Waals surface area (Å²) in [5.41, 5.74) is 6.92. The van der Waals surface area contributed by atoms with Crippen molar-refractivity contribution in [2.75, 3.05) is 0 Å². The lowest BCUT2D eigenvalue weighted by Crippen LogP contribution is -2.01. The quantitative estimate of drug-likeness (QED) is 0.153. The topological polar surface area (TPSA) is 18.5 Å². The standard InChI is InChI=1S/C54H36O2S2/c1-5-17-41-37(11-1)15-9-21-45(41)53-43-19-7-3-13-39(43)25-27-47(53)55-33-35-23-29-49-51(31-35)58-52-32-36(24-30-50(52)57-49)34-56-48-28-26-40-14-4-8-20-44(40)54(48)46-22-10-16-38-12-2-6-18-42(38)46/h1-32H,33-34H2. The molecule has 2 nitrogen and oxygen atoms in total. The molecule has 0 bridgehead atoms. The van der Waals surface area contributed by atoms with Gasteiger partial charge in [-0.1, -0.05) is 181 Å². The van der Waals surface area contributed by atoms with Crippen LogP contribution in [0.2, 0.25) is 0 Å². The first kappa shape index (κ1) is 34.8. The summed E-state index contributed by atoms with van der Waals surface area (Å²) in [6, 6.07) is 69.5. The SMILES string of the molecule is c1ccc2c(-c3c(OCc4ccc5c(c4)Sc4cc(COc6ccc7ccccc7c6-c6cccc7ccccc67)ccc4S5)ccc4ccccc34)cccc2c1. The van der Waals surface area contributed by atoms with Gasteiger partial charge in [-0.2, -0.15) is 0 Å². The summed E-state index contributed by atoms with van der Waals surface area (Å²) in [5.74, 6) is 1.78. The first-order valence-corrected chi connectivity index (χ1v) is 21.2. The third-order valence-corrected chi connectivity index (χ3v) is 13.7. The van der Waals surface area contributed by atoms with E-state index in [1.165, 1.54) is 73.8 Å². The van der Waals surface area contributed by atoms with Crippen LogP contribution in [-0.4, -0.2) is 0 Å². The normalized spacial score (nSPS) is 12.1. The Hall–Kier alpha value is -6.46. The predicted octanol–water partition coefficient (Wildman–Crippen LogP) is 15.4. The molecule has 0 fully saturated rings. The van der Waals surface area contributed by atoms with Crippen LogP contribution in [-0.2, 0) is 13.2 Å². The maximum Gasteiger partial charge on any atom is 0.128 e. The molecule has 4 heteroatoms. The van der Waals surface area contributed by atoms with E-state index >= 15 is 0 Å². The Morgan fingerprint density at radius 3 is 1.16 bits per heavy atom. The van der Waals surface area contributed by atoms with Gasteiger partial charge in [0, 0.05) is 30.7 Å². The molecule has 276 valence electrons. The van der Waals surface area contributed by atoms with Gasteiger partial charge in [-0.05, 0) is 102 Å². The minimum Gasteiger partial charge on any atom is -0.488 e. The largest absolute Gasteiger partial charge is 0.488 e. The van der Waals surface area contributed by atoms with Crippen molar-refractivity contribution in [1.29, 1.82) is 0 Å². The van der Waals surface area contributed by atoms with Crippen LogP contribution in [0.4, 0.5) is 0 Å². The second kappa shape index (κ2) is 14.8. The molecule has 0 radical (unpaired) electrons. The molecule has 1 aliphatic heterocycles. The highest BCUT2D eigenvalue weighted by Gasteiger charge is 2.20. The molecule has 0 unspecified atom stereocenters. The molecule has 0 aromatic heterocycles. The van der Waals surface area contributed by atoms with E-state index in [1.807, 2.05) is 23.5 Å². The van der Waals surface area contributed by atoms with Gasteiger partial charge >= 0.3 is 0 Å². The highest BCUT2D eigenvalue weighted by Crippen LogP contribution is 2.49. The lowest BCUT2D eigenvalue weighted by Gasteiger charge is -2.21. The van der Waals surface area contributed by atoms with E-state index in [4.69, 9.17) is 9.47 Å². The van der Waals surface area contributed by atoms with Gasteiger partial charge in [-0.25, -0.2) is 0 Å². The number of ether oxygens (including phenoxy) is 2. The molecule has 0 amide bonds. The van der Waals surface area contributed by atoms with E-state index in [2.05, 4.69) is 194 Å². The highest BCUT2D eigenvalue weighted by atomic mass is 32.2. The van der Waals surface area contributed by atoms with Crippen molar-refractivity contribution in [3.63, 3.8) is 0 Å². The van der Waals surface area contributed by atoms with Crippen LogP contribution in [0, 0.1) is 0 Å². The van der Waals surface area contributed by atoms with E-state index in [0.29, 0.717) is 13.2 Å². The fourth-order valence-electron chi connectivity index (χ4n) is 8.36. The van der Waals surface area contributed by atoms with Crippen molar-refractivity contribution in [3.05, 3.63) is 205 Å². The van der Waals surface area contributed by atoms with Crippen molar-refractivity contribution < 1.29 is 9.47 Å². The molecule has 0 spiro atoms. The van der Waals surface area contributed by atoms with Crippen molar-refractivity contribution in [2.45, 2.75) is 32.8 Å². The molecule has 10 aromatic rings. The number of rotatable bonds is 8. The van der Waals surface area contributed by atoms with Gasteiger partial charge in [-0.15, -0.1) is 0 Å². The number of hydrogen-bond acceptors (Lipinski definition) is 4. The first-order valence-electron chi connectivity index (χ1n) is 19.6. The third kappa shape index (κ3) is 6.35.